The molecule has 0 spiro atoms. The number of benzene rings is 1. The quantitative estimate of drug-likeness (QED) is 0.573. The summed E-state index contributed by atoms with van der Waals surface area (Å²) in [5.41, 5.74) is 5.47. The minimum atomic E-state index is -1.15. The molecule has 0 radical (unpaired) electrons. The van der Waals surface area contributed by atoms with Crippen molar-refractivity contribution in [1.29, 1.82) is 5.41 Å². The second-order valence-corrected chi connectivity index (χ2v) is 5.83. The number of anilines is 1. The van der Waals surface area contributed by atoms with Gasteiger partial charge >= 0.3 is 12.1 Å². The predicted octanol–water partition coefficient (Wildman–Crippen LogP) is 2.61. The minimum Gasteiger partial charge on any atom is -0.480 e. The summed E-state index contributed by atoms with van der Waals surface area (Å²) in [4.78, 5) is 24.6. The molecule has 0 bridgehead atoms. The number of ether oxygens (including phenoxy) is 1. The molecule has 1 amide bonds. The van der Waals surface area contributed by atoms with Gasteiger partial charge in [-0.05, 0) is 52.0 Å². The van der Waals surface area contributed by atoms with E-state index in [-0.39, 0.29) is 18.2 Å². The zero-order valence-electron chi connectivity index (χ0n) is 13.5. The van der Waals surface area contributed by atoms with Gasteiger partial charge in [0, 0.05) is 11.3 Å². The molecular formula is C15H22ClN3O4. The number of nitrogen functional groups attached to an aromatic ring is 1. The Hall–Kier alpha value is -2.28. The van der Waals surface area contributed by atoms with Crippen LogP contribution >= 0.6 is 12.4 Å². The van der Waals surface area contributed by atoms with E-state index in [1.54, 1.807) is 32.9 Å². The zero-order valence-corrected chi connectivity index (χ0v) is 14.3. The van der Waals surface area contributed by atoms with Gasteiger partial charge in [-0.2, -0.15) is 0 Å². The molecule has 4 N–H and O–H groups in total. The van der Waals surface area contributed by atoms with Crippen LogP contribution < -0.4 is 10.6 Å². The van der Waals surface area contributed by atoms with Gasteiger partial charge in [0.2, 0.25) is 0 Å². The average Bonchev–Trinajstić information content (AvgIpc) is 2.37. The maximum Gasteiger partial charge on any atom is 0.415 e. The van der Waals surface area contributed by atoms with E-state index in [0.29, 0.717) is 11.3 Å². The lowest BCUT2D eigenvalue weighted by Gasteiger charge is -2.30. The number of carboxylic acid groups (broad SMARTS) is 1. The van der Waals surface area contributed by atoms with Crippen molar-refractivity contribution in [2.24, 2.45) is 5.73 Å². The number of carboxylic acids is 1. The van der Waals surface area contributed by atoms with E-state index in [1.807, 2.05) is 0 Å². The third kappa shape index (κ3) is 5.78. The highest BCUT2D eigenvalue weighted by atomic mass is 35.5. The molecule has 0 heterocycles. The summed E-state index contributed by atoms with van der Waals surface area (Å²) in [5, 5.41) is 16.5. The van der Waals surface area contributed by atoms with Crippen LogP contribution in [0, 0.1) is 5.41 Å². The van der Waals surface area contributed by atoms with Crippen molar-refractivity contribution in [3.05, 3.63) is 29.8 Å². The van der Waals surface area contributed by atoms with Crippen LogP contribution in [0.5, 0.6) is 0 Å². The fourth-order valence-corrected chi connectivity index (χ4v) is 1.71. The zero-order chi connectivity index (χ0) is 17.1. The SMILES string of the molecule is C[C@@H](C(=O)O)N(C(=O)OC(C)(C)C)c1ccc(C(=N)N)cc1.Cl. The Morgan fingerprint density at radius 1 is 1.26 bits per heavy atom. The Kier molecular flexibility index (Phi) is 7.05. The molecule has 1 aromatic rings. The maximum atomic E-state index is 12.3. The molecule has 1 aromatic carbocycles. The van der Waals surface area contributed by atoms with Gasteiger partial charge in [-0.3, -0.25) is 10.3 Å². The van der Waals surface area contributed by atoms with Crippen molar-refractivity contribution in [3.63, 3.8) is 0 Å². The van der Waals surface area contributed by atoms with Gasteiger partial charge in [0.25, 0.3) is 0 Å². The molecule has 0 fully saturated rings. The van der Waals surface area contributed by atoms with Gasteiger partial charge < -0.3 is 15.6 Å². The van der Waals surface area contributed by atoms with Gasteiger partial charge in [0.1, 0.15) is 17.5 Å². The number of amidine groups is 1. The number of nitrogens with zero attached hydrogens (tertiary/aromatic N) is 1. The summed E-state index contributed by atoms with van der Waals surface area (Å²) in [6.45, 7) is 6.50. The summed E-state index contributed by atoms with van der Waals surface area (Å²) in [6, 6.07) is 5.05. The number of nitrogens with two attached hydrogens (primary N) is 1. The van der Waals surface area contributed by atoms with Crippen molar-refractivity contribution < 1.29 is 19.4 Å². The number of carbonyl (C=O) groups is 2. The Morgan fingerprint density at radius 3 is 2.09 bits per heavy atom. The highest BCUT2D eigenvalue weighted by Crippen LogP contribution is 2.21. The van der Waals surface area contributed by atoms with E-state index in [0.717, 1.165) is 4.90 Å². The maximum absolute atomic E-state index is 12.3. The first-order valence-corrected chi connectivity index (χ1v) is 6.72. The molecule has 1 rings (SSSR count). The average molecular weight is 344 g/mol. The summed E-state index contributed by atoms with van der Waals surface area (Å²) >= 11 is 0. The Balaban J connectivity index is 0.00000484. The second-order valence-electron chi connectivity index (χ2n) is 5.83. The summed E-state index contributed by atoms with van der Waals surface area (Å²) in [6.07, 6.45) is -0.752. The van der Waals surface area contributed by atoms with E-state index >= 15 is 0 Å². The fraction of sp³-hybridized carbons (Fsp3) is 0.400. The van der Waals surface area contributed by atoms with Crippen LogP contribution in [0.25, 0.3) is 0 Å². The molecule has 0 saturated carbocycles. The highest BCUT2D eigenvalue weighted by Gasteiger charge is 2.31. The van der Waals surface area contributed by atoms with Crippen molar-refractivity contribution in [2.75, 3.05) is 4.90 Å². The first kappa shape index (κ1) is 20.7. The largest absolute Gasteiger partial charge is 0.480 e. The van der Waals surface area contributed by atoms with Crippen LogP contribution in [-0.2, 0) is 9.53 Å². The lowest BCUT2D eigenvalue weighted by Crippen LogP contribution is -2.46. The number of carbonyl (C=O) groups excluding carboxylic acids is 1. The van der Waals surface area contributed by atoms with E-state index in [4.69, 9.17) is 15.9 Å². The molecule has 0 aliphatic heterocycles. The minimum absolute atomic E-state index is 0. The number of amides is 1. The molecule has 7 nitrogen and oxygen atoms in total. The van der Waals surface area contributed by atoms with Crippen LogP contribution in [0.4, 0.5) is 10.5 Å². The Labute approximate surface area is 141 Å². The number of rotatable bonds is 4. The van der Waals surface area contributed by atoms with Crippen LogP contribution in [0.1, 0.15) is 33.3 Å². The molecule has 23 heavy (non-hydrogen) atoms. The third-order valence-corrected chi connectivity index (χ3v) is 2.79. The smallest absolute Gasteiger partial charge is 0.415 e. The molecule has 0 aliphatic carbocycles. The summed E-state index contributed by atoms with van der Waals surface area (Å²) < 4.78 is 5.26. The fourth-order valence-electron chi connectivity index (χ4n) is 1.71. The number of halogens is 1. The summed E-state index contributed by atoms with van der Waals surface area (Å²) in [7, 11) is 0. The highest BCUT2D eigenvalue weighted by molar-refractivity contribution is 5.97. The number of hydrogen-bond acceptors (Lipinski definition) is 4. The van der Waals surface area contributed by atoms with Gasteiger partial charge in [0.05, 0.1) is 0 Å². The lowest BCUT2D eigenvalue weighted by atomic mass is 10.1. The predicted molar refractivity (Wildman–Crippen MR) is 90.5 cm³/mol. The molecule has 0 aromatic heterocycles. The first-order valence-electron chi connectivity index (χ1n) is 6.72. The van der Waals surface area contributed by atoms with Crippen LogP contribution in [0.3, 0.4) is 0 Å². The standard InChI is InChI=1S/C15H21N3O4.ClH/c1-9(13(19)20)18(14(21)22-15(2,3)4)11-7-5-10(6-8-11)12(16)17;/h5-9H,1-4H3,(H3,16,17)(H,19,20);1H/t9-;/m0./s1. The van der Waals surface area contributed by atoms with E-state index in [9.17, 15) is 14.7 Å². The Morgan fingerprint density at radius 2 is 1.74 bits per heavy atom. The number of aliphatic carboxylic acids is 1. The molecule has 0 aliphatic rings. The number of hydrogen-bond donors (Lipinski definition) is 3. The topological polar surface area (TPSA) is 117 Å². The van der Waals surface area contributed by atoms with E-state index in [1.165, 1.54) is 19.1 Å². The van der Waals surface area contributed by atoms with Gasteiger partial charge in [0.15, 0.2) is 0 Å². The van der Waals surface area contributed by atoms with Gasteiger partial charge in [-0.15, -0.1) is 12.4 Å². The van der Waals surface area contributed by atoms with Crippen molar-refractivity contribution >= 4 is 36.0 Å². The van der Waals surface area contributed by atoms with Crippen molar-refractivity contribution in [2.45, 2.75) is 39.3 Å². The van der Waals surface area contributed by atoms with Gasteiger partial charge in [-0.25, -0.2) is 9.59 Å². The second kappa shape index (κ2) is 7.82. The van der Waals surface area contributed by atoms with E-state index in [2.05, 4.69) is 0 Å². The van der Waals surface area contributed by atoms with Crippen LogP contribution in [0.15, 0.2) is 24.3 Å². The third-order valence-electron chi connectivity index (χ3n) is 2.79. The van der Waals surface area contributed by atoms with E-state index < -0.39 is 23.7 Å². The normalized spacial score (nSPS) is 11.8. The van der Waals surface area contributed by atoms with Crippen LogP contribution in [0.2, 0.25) is 0 Å². The lowest BCUT2D eigenvalue weighted by molar-refractivity contribution is -0.138. The van der Waals surface area contributed by atoms with Crippen molar-refractivity contribution in [1.82, 2.24) is 0 Å². The molecule has 0 saturated heterocycles. The van der Waals surface area contributed by atoms with Crippen molar-refractivity contribution in [3.8, 4) is 0 Å². The molecule has 8 heteroatoms. The Bertz CT molecular complexity index is 581. The molecule has 1 atom stereocenters. The summed E-state index contributed by atoms with van der Waals surface area (Å²) in [5.74, 6) is -1.26. The van der Waals surface area contributed by atoms with Crippen LogP contribution in [-0.4, -0.2) is 34.6 Å². The number of nitrogens with one attached hydrogen (secondary N) is 1. The monoisotopic (exact) mass is 343 g/mol. The molecular weight excluding hydrogens is 322 g/mol. The van der Waals surface area contributed by atoms with Gasteiger partial charge in [-0.1, -0.05) is 0 Å². The first-order chi connectivity index (χ1) is 10.0. The molecule has 128 valence electrons. The molecule has 0 unspecified atom stereocenters.